The molecule has 6 nitrogen and oxygen atoms in total. The molecule has 0 spiro atoms. The van der Waals surface area contributed by atoms with Crippen LogP contribution in [0.1, 0.15) is 26.3 Å². The monoisotopic (exact) mass is 269 g/mol. The molecule has 2 aromatic rings. The van der Waals surface area contributed by atoms with Crippen LogP contribution in [0.25, 0.3) is 5.78 Å². The lowest BCUT2D eigenvalue weighted by Crippen LogP contribution is -2.42. The SMILES string of the molecule is Cc1c(Cl)nc2ncnn2c1NC(C)(C)C(C)O. The summed E-state index contributed by atoms with van der Waals surface area (Å²) >= 11 is 6.06. The molecule has 2 heterocycles. The van der Waals surface area contributed by atoms with Gasteiger partial charge in [-0.05, 0) is 27.7 Å². The van der Waals surface area contributed by atoms with Crippen LogP contribution in [0.3, 0.4) is 0 Å². The van der Waals surface area contributed by atoms with Crippen LogP contribution in [-0.4, -0.2) is 36.3 Å². The normalized spacial score (nSPS) is 13.9. The topological polar surface area (TPSA) is 75.3 Å². The maximum absolute atomic E-state index is 9.77. The number of anilines is 1. The zero-order valence-electron chi connectivity index (χ0n) is 10.8. The molecule has 0 aromatic carbocycles. The lowest BCUT2D eigenvalue weighted by atomic mass is 9.98. The van der Waals surface area contributed by atoms with Gasteiger partial charge in [-0.1, -0.05) is 11.6 Å². The predicted octanol–water partition coefficient (Wildman–Crippen LogP) is 1.66. The van der Waals surface area contributed by atoms with Crippen LogP contribution < -0.4 is 5.32 Å². The molecule has 0 saturated carbocycles. The summed E-state index contributed by atoms with van der Waals surface area (Å²) in [6, 6.07) is 0. The second-order valence-corrected chi connectivity index (χ2v) is 5.23. The van der Waals surface area contributed by atoms with E-state index in [-0.39, 0.29) is 0 Å². The standard InChI is InChI=1S/C11H16ClN5O/c1-6-8(12)15-10-13-5-14-17(10)9(6)16-11(3,4)7(2)18/h5,7,16,18H,1-4H3. The molecule has 0 saturated heterocycles. The summed E-state index contributed by atoms with van der Waals surface area (Å²) in [6.45, 7) is 7.36. The van der Waals surface area contributed by atoms with E-state index in [4.69, 9.17) is 11.6 Å². The molecule has 0 aliphatic carbocycles. The summed E-state index contributed by atoms with van der Waals surface area (Å²) in [5, 5.41) is 17.5. The van der Waals surface area contributed by atoms with Crippen molar-refractivity contribution in [2.24, 2.45) is 0 Å². The fourth-order valence-corrected chi connectivity index (χ4v) is 1.62. The minimum Gasteiger partial charge on any atom is -0.391 e. The Balaban J connectivity index is 2.56. The molecule has 2 N–H and O–H groups in total. The molecule has 0 bridgehead atoms. The maximum atomic E-state index is 9.77. The molecule has 0 radical (unpaired) electrons. The number of aliphatic hydroxyl groups excluding tert-OH is 1. The van der Waals surface area contributed by atoms with E-state index < -0.39 is 11.6 Å². The molecule has 2 aromatic heterocycles. The van der Waals surface area contributed by atoms with Gasteiger partial charge in [-0.3, -0.25) is 0 Å². The van der Waals surface area contributed by atoms with Crippen molar-refractivity contribution in [3.8, 4) is 0 Å². The van der Waals surface area contributed by atoms with Gasteiger partial charge < -0.3 is 10.4 Å². The van der Waals surface area contributed by atoms with Crippen molar-refractivity contribution in [2.45, 2.75) is 39.3 Å². The summed E-state index contributed by atoms with van der Waals surface area (Å²) in [5.41, 5.74) is 0.248. The average Bonchev–Trinajstić information content (AvgIpc) is 2.72. The first-order chi connectivity index (χ1) is 8.33. The molecule has 0 fully saturated rings. The summed E-state index contributed by atoms with van der Waals surface area (Å²) < 4.78 is 1.57. The highest BCUT2D eigenvalue weighted by atomic mass is 35.5. The molecule has 98 valence electrons. The average molecular weight is 270 g/mol. The highest BCUT2D eigenvalue weighted by Crippen LogP contribution is 2.26. The summed E-state index contributed by atoms with van der Waals surface area (Å²) in [6.07, 6.45) is 0.876. The van der Waals surface area contributed by atoms with Gasteiger partial charge in [0.25, 0.3) is 5.78 Å². The van der Waals surface area contributed by atoms with Gasteiger partial charge in [0.2, 0.25) is 0 Å². The van der Waals surface area contributed by atoms with Gasteiger partial charge in [-0.15, -0.1) is 0 Å². The highest BCUT2D eigenvalue weighted by molar-refractivity contribution is 6.30. The zero-order valence-corrected chi connectivity index (χ0v) is 11.5. The van der Waals surface area contributed by atoms with Crippen LogP contribution in [0.2, 0.25) is 5.15 Å². The number of hydrogen-bond donors (Lipinski definition) is 2. The number of aromatic nitrogens is 4. The van der Waals surface area contributed by atoms with E-state index in [1.165, 1.54) is 6.33 Å². The van der Waals surface area contributed by atoms with E-state index in [0.717, 1.165) is 5.56 Å². The largest absolute Gasteiger partial charge is 0.391 e. The third kappa shape index (κ3) is 2.13. The van der Waals surface area contributed by atoms with Crippen LogP contribution in [0.15, 0.2) is 6.33 Å². The minimum atomic E-state index is -0.539. The lowest BCUT2D eigenvalue weighted by molar-refractivity contribution is 0.133. The number of aliphatic hydroxyl groups is 1. The molecular weight excluding hydrogens is 254 g/mol. The van der Waals surface area contributed by atoms with Crippen LogP contribution in [0.4, 0.5) is 5.82 Å². The molecule has 2 rings (SSSR count). The number of halogens is 1. The second kappa shape index (κ2) is 4.37. The van der Waals surface area contributed by atoms with Crippen molar-refractivity contribution in [2.75, 3.05) is 5.32 Å². The number of nitrogens with one attached hydrogen (secondary N) is 1. The van der Waals surface area contributed by atoms with E-state index in [1.54, 1.807) is 11.4 Å². The Morgan fingerprint density at radius 3 is 2.78 bits per heavy atom. The predicted molar refractivity (Wildman–Crippen MR) is 69.9 cm³/mol. The van der Waals surface area contributed by atoms with Crippen molar-refractivity contribution < 1.29 is 5.11 Å². The molecule has 0 aliphatic heterocycles. The Labute approximate surface area is 110 Å². The summed E-state index contributed by atoms with van der Waals surface area (Å²) in [7, 11) is 0. The van der Waals surface area contributed by atoms with Gasteiger partial charge in [-0.2, -0.15) is 19.6 Å². The third-order valence-corrected chi connectivity index (χ3v) is 3.46. The number of nitrogens with zero attached hydrogens (tertiary/aromatic N) is 4. The van der Waals surface area contributed by atoms with Crippen LogP contribution in [-0.2, 0) is 0 Å². The minimum absolute atomic E-state index is 0.374. The fraction of sp³-hybridized carbons (Fsp3) is 0.545. The first kappa shape index (κ1) is 13.0. The van der Waals surface area contributed by atoms with Crippen molar-refractivity contribution in [1.82, 2.24) is 19.6 Å². The van der Waals surface area contributed by atoms with Gasteiger partial charge in [-0.25, -0.2) is 0 Å². The van der Waals surface area contributed by atoms with Gasteiger partial charge in [0, 0.05) is 5.56 Å². The summed E-state index contributed by atoms with van der Waals surface area (Å²) in [5.74, 6) is 1.11. The third-order valence-electron chi connectivity index (χ3n) is 3.09. The van der Waals surface area contributed by atoms with Crippen LogP contribution in [0.5, 0.6) is 0 Å². The second-order valence-electron chi connectivity index (χ2n) is 4.87. The van der Waals surface area contributed by atoms with E-state index in [1.807, 2.05) is 20.8 Å². The Morgan fingerprint density at radius 1 is 1.50 bits per heavy atom. The van der Waals surface area contributed by atoms with Gasteiger partial charge in [0.1, 0.15) is 17.3 Å². The summed E-state index contributed by atoms with van der Waals surface area (Å²) in [4.78, 5) is 8.13. The van der Waals surface area contributed by atoms with Crippen molar-refractivity contribution >= 4 is 23.2 Å². The van der Waals surface area contributed by atoms with Crippen molar-refractivity contribution in [3.63, 3.8) is 0 Å². The van der Waals surface area contributed by atoms with Crippen molar-refractivity contribution in [1.29, 1.82) is 0 Å². The smallest absolute Gasteiger partial charge is 0.255 e. The van der Waals surface area contributed by atoms with Gasteiger partial charge >= 0.3 is 0 Å². The van der Waals surface area contributed by atoms with Crippen molar-refractivity contribution in [3.05, 3.63) is 17.0 Å². The van der Waals surface area contributed by atoms with Gasteiger partial charge in [0.15, 0.2) is 0 Å². The molecular formula is C11H16ClN5O. The molecule has 0 amide bonds. The zero-order chi connectivity index (χ0) is 13.5. The quantitative estimate of drug-likeness (QED) is 0.829. The Kier molecular flexibility index (Phi) is 3.16. The first-order valence-corrected chi connectivity index (χ1v) is 6.03. The van der Waals surface area contributed by atoms with E-state index in [9.17, 15) is 5.11 Å². The van der Waals surface area contributed by atoms with Gasteiger partial charge in [0.05, 0.1) is 11.6 Å². The number of hydrogen-bond acceptors (Lipinski definition) is 5. The molecule has 7 heteroatoms. The fourth-order valence-electron chi connectivity index (χ4n) is 1.45. The van der Waals surface area contributed by atoms with E-state index >= 15 is 0 Å². The Morgan fingerprint density at radius 2 is 2.17 bits per heavy atom. The Bertz CT molecular complexity index is 578. The number of rotatable bonds is 3. The Hall–Kier alpha value is -1.40. The number of fused-ring (bicyclic) bond motifs is 1. The highest BCUT2D eigenvalue weighted by Gasteiger charge is 2.26. The first-order valence-electron chi connectivity index (χ1n) is 5.65. The molecule has 18 heavy (non-hydrogen) atoms. The van der Waals surface area contributed by atoms with Crippen LogP contribution >= 0.6 is 11.6 Å². The van der Waals surface area contributed by atoms with E-state index in [0.29, 0.717) is 16.7 Å². The molecule has 1 atom stereocenters. The van der Waals surface area contributed by atoms with E-state index in [2.05, 4.69) is 20.4 Å². The maximum Gasteiger partial charge on any atom is 0.255 e. The molecule has 1 unspecified atom stereocenters. The lowest BCUT2D eigenvalue weighted by Gasteiger charge is -2.31. The molecule has 0 aliphatic rings. The van der Waals surface area contributed by atoms with Crippen LogP contribution in [0, 0.1) is 6.92 Å².